The molecular formula is C126H146Ir3N6Si6-6. The van der Waals surface area contributed by atoms with Crippen molar-refractivity contribution in [2.24, 2.45) is 41.4 Å². The minimum atomic E-state index is -1.48. The normalized spacial score (nSPS) is 16.7. The van der Waals surface area contributed by atoms with Crippen LogP contribution in [0.1, 0.15) is 107 Å². The molecule has 15 heteroatoms. The van der Waals surface area contributed by atoms with Crippen LogP contribution < -0.4 is 31.1 Å². The van der Waals surface area contributed by atoms with Crippen molar-refractivity contribution in [3.05, 3.63) is 363 Å². The maximum atomic E-state index is 5.05. The van der Waals surface area contributed by atoms with E-state index in [0.717, 1.165) is 109 Å². The molecule has 15 aromatic rings. The van der Waals surface area contributed by atoms with Crippen LogP contribution in [0.15, 0.2) is 310 Å². The van der Waals surface area contributed by atoms with Gasteiger partial charge in [-0.3, -0.25) is 0 Å². The van der Waals surface area contributed by atoms with Crippen molar-refractivity contribution in [1.29, 1.82) is 0 Å². The third-order valence-corrected chi connectivity index (χ3v) is 41.2. The Morgan fingerprint density at radius 2 is 0.518 bits per heavy atom. The number of pyridine rings is 6. The summed E-state index contributed by atoms with van der Waals surface area (Å²) in [7, 11) is -8.03. The fourth-order valence-corrected chi connectivity index (χ4v) is 29.3. The molecule has 0 saturated heterocycles. The average molecular weight is 2490 g/mol. The second-order valence-electron chi connectivity index (χ2n) is 45.6. The number of hydrogen-bond donors (Lipinski definition) is 0. The number of benzene rings is 9. The Kier molecular flexibility index (Phi) is 39.9. The van der Waals surface area contributed by atoms with Crippen molar-refractivity contribution in [1.82, 2.24) is 29.9 Å². The molecule has 6 aliphatic rings. The molecule has 21 rings (SSSR count). The van der Waals surface area contributed by atoms with Gasteiger partial charge in [-0.2, -0.15) is 0 Å². The first-order valence-electron chi connectivity index (χ1n) is 51.2. The summed E-state index contributed by atoms with van der Waals surface area (Å²) < 4.78 is 0. The number of hydrogen-bond acceptors (Lipinski definition) is 6. The van der Waals surface area contributed by atoms with Crippen LogP contribution in [-0.4, -0.2) is 78.3 Å². The zero-order valence-electron chi connectivity index (χ0n) is 86.7. The molecule has 737 valence electrons. The summed E-state index contributed by atoms with van der Waals surface area (Å²) in [5.74, 6) is 6.59. The first-order chi connectivity index (χ1) is 66.2. The first kappa shape index (κ1) is 111. The third-order valence-electron chi connectivity index (χ3n) is 28.9. The molecule has 0 aliphatic heterocycles. The molecule has 3 radical (unpaired) electrons. The van der Waals surface area contributed by atoms with Gasteiger partial charge in [-0.25, -0.2) is 0 Å². The molecule has 0 amide bonds. The summed E-state index contributed by atoms with van der Waals surface area (Å²) in [6, 6.07) is 115. The van der Waals surface area contributed by atoms with Gasteiger partial charge in [0.05, 0.1) is 48.4 Å². The van der Waals surface area contributed by atoms with Crippen LogP contribution in [-0.2, 0) is 79.6 Å². The van der Waals surface area contributed by atoms with Crippen LogP contribution in [0.5, 0.6) is 0 Å². The Morgan fingerprint density at radius 1 is 0.248 bits per heavy atom. The van der Waals surface area contributed by atoms with Crippen LogP contribution in [0, 0.1) is 77.8 Å². The molecule has 6 saturated carbocycles. The van der Waals surface area contributed by atoms with Gasteiger partial charge in [-0.1, -0.05) is 371 Å². The maximum absolute atomic E-state index is 5.05. The summed E-state index contributed by atoms with van der Waals surface area (Å²) in [5.41, 5.74) is 24.8. The number of rotatable bonds is 21. The SMILES string of the molecule is C[Si](C)(C)c1ccc(-c2[c-]cccc2)nc1.C[Si](C)(C)c1ccc(-c2[c-]cccc2)nc1.C[Si](C)(C)c1ccc(-c2[c-]cccc2)nc1.C[Si](C)(C)c1cnc(-c2[c-]cccc2-c2ccccc2)cc1CC1C2CC3CC(C2)CC1C3.C[Si](C)(C)c1cnc(-c2[c-]cccc2-c2ccccc2)cc1CC1CCCC1.C[Si](C)(C)c1cnc(-c2[c-]cccc2-c2ccccc2)cc1CC1CCCCC1.[Ir].[Ir].[Ir]. The van der Waals surface area contributed by atoms with Crippen LogP contribution >= 0.6 is 0 Å². The van der Waals surface area contributed by atoms with Gasteiger partial charge in [0.2, 0.25) is 0 Å². The van der Waals surface area contributed by atoms with Gasteiger partial charge in [-0.15, -0.1) is 197 Å². The van der Waals surface area contributed by atoms with E-state index in [2.05, 4.69) is 370 Å². The largest absolute Gasteiger partial charge is 0.305 e. The van der Waals surface area contributed by atoms with Gasteiger partial charge in [0.25, 0.3) is 0 Å². The topological polar surface area (TPSA) is 77.3 Å². The molecule has 0 spiro atoms. The van der Waals surface area contributed by atoms with Crippen molar-refractivity contribution in [3.63, 3.8) is 0 Å². The van der Waals surface area contributed by atoms with E-state index in [0.29, 0.717) is 0 Å². The van der Waals surface area contributed by atoms with E-state index < -0.39 is 48.4 Å². The van der Waals surface area contributed by atoms with E-state index in [9.17, 15) is 0 Å². The van der Waals surface area contributed by atoms with Gasteiger partial charge >= 0.3 is 0 Å². The van der Waals surface area contributed by atoms with Crippen molar-refractivity contribution < 1.29 is 60.3 Å². The first-order valence-corrected chi connectivity index (χ1v) is 72.2. The van der Waals surface area contributed by atoms with Gasteiger partial charge in [0, 0.05) is 97.5 Å². The van der Waals surface area contributed by atoms with Gasteiger partial charge in [0.15, 0.2) is 0 Å². The van der Waals surface area contributed by atoms with Crippen molar-refractivity contribution in [2.45, 2.75) is 227 Å². The molecule has 141 heavy (non-hydrogen) atoms. The average Bonchev–Trinajstić information content (AvgIpc) is 1.01. The summed E-state index contributed by atoms with van der Waals surface area (Å²) >= 11 is 0. The molecule has 0 atom stereocenters. The van der Waals surface area contributed by atoms with E-state index in [1.54, 1.807) is 10.8 Å². The zero-order chi connectivity index (χ0) is 97.2. The Bertz CT molecular complexity index is 6140. The molecule has 0 unspecified atom stereocenters. The quantitative estimate of drug-likeness (QED) is 0.0527. The predicted octanol–water partition coefficient (Wildman–Crippen LogP) is 30.0. The number of nitrogens with zero attached hydrogens (tertiary/aromatic N) is 6. The van der Waals surface area contributed by atoms with Crippen LogP contribution in [0.2, 0.25) is 118 Å². The minimum absolute atomic E-state index is 0. The van der Waals surface area contributed by atoms with Gasteiger partial charge < -0.3 is 29.9 Å². The Morgan fingerprint density at radius 3 is 0.780 bits per heavy atom. The predicted molar refractivity (Wildman–Crippen MR) is 605 cm³/mol. The molecule has 6 fully saturated rings. The minimum Gasteiger partial charge on any atom is -0.305 e. The Balaban J connectivity index is 0.000000154. The van der Waals surface area contributed by atoms with E-state index >= 15 is 0 Å². The third kappa shape index (κ3) is 30.4. The van der Waals surface area contributed by atoms with E-state index in [4.69, 9.17) is 15.0 Å². The van der Waals surface area contributed by atoms with Crippen LogP contribution in [0.4, 0.5) is 0 Å². The fraction of sp³-hybridized carbons (Fsp3) is 0.333. The second kappa shape index (κ2) is 50.8. The van der Waals surface area contributed by atoms with Gasteiger partial charge in [0.1, 0.15) is 0 Å². The molecule has 6 nitrogen and oxygen atoms in total. The molecule has 0 N–H and O–H groups in total. The van der Waals surface area contributed by atoms with E-state index in [-0.39, 0.29) is 60.3 Å². The van der Waals surface area contributed by atoms with Crippen LogP contribution in [0.3, 0.4) is 0 Å². The summed E-state index contributed by atoms with van der Waals surface area (Å²) in [4.78, 5) is 28.5. The maximum Gasteiger partial charge on any atom is 0.0798 e. The molecule has 6 heterocycles. The van der Waals surface area contributed by atoms with Crippen LogP contribution in [0.25, 0.3) is 101 Å². The summed E-state index contributed by atoms with van der Waals surface area (Å²) in [6.45, 7) is 43.1. The monoisotopic (exact) mass is 2490 g/mol. The standard InChI is InChI=1S/C31H36NSi.C27H32NSi.C26H30NSi.3C14H16NSi.3Ir/c1-33(2,3)31-20-32-30(28-12-8-7-11-27(28)23-9-5-4-6-10-23)19-26(31)18-29-24-14-21-13-22(16-24)17-25(29)15-21;1-29(2,3)27-20-28-26(19-23(27)18-21-12-6-4-7-13-21)25-17-11-10-16-24(25)22-14-8-5-9-15-22;1-28(2,3)26-19-27-25(18-22(26)17-20-11-7-8-12-20)24-16-10-9-15-23(24)21-13-5-4-6-14-21;3*1-16(2,3)13-9-10-14(15-11-13)12-7-5-4-6-8-12;;;/h4-11,19-22,24-25,29H,13-18H2,1-3H3;5,8-11,14-16,19-21H,4,6-7,12-13,18H2,1-3H3;4-6,9-10,13-15,18-20H,7-8,11-12,17H2,1-3H3;3*4-7,9-11H,1-3H3;;;/q6*-1;;;. The summed E-state index contributed by atoms with van der Waals surface area (Å²) in [5, 5.41) is 8.81. The number of aromatic nitrogens is 6. The molecule has 6 aromatic heterocycles. The molecule has 4 bridgehead atoms. The van der Waals surface area contributed by atoms with Gasteiger partial charge in [-0.05, 0) is 158 Å². The van der Waals surface area contributed by atoms with Crippen molar-refractivity contribution >= 4 is 79.6 Å². The summed E-state index contributed by atoms with van der Waals surface area (Å²) in [6.07, 6.45) is 36.4. The smallest absolute Gasteiger partial charge is 0.0798 e. The fourth-order valence-electron chi connectivity index (χ4n) is 21.5. The Hall–Kier alpha value is -8.87. The molecule has 6 aliphatic carbocycles. The van der Waals surface area contributed by atoms with E-state index in [1.165, 1.54) is 180 Å². The van der Waals surface area contributed by atoms with Crippen molar-refractivity contribution in [3.8, 4) is 101 Å². The second-order valence-corrected chi connectivity index (χ2v) is 76.0. The molecule has 9 aromatic carbocycles. The Labute approximate surface area is 894 Å². The van der Waals surface area contributed by atoms with Crippen molar-refractivity contribution in [2.75, 3.05) is 0 Å². The molecular weight excluding hydrogens is 2340 g/mol. The van der Waals surface area contributed by atoms with E-state index in [1.807, 2.05) is 110 Å². The zero-order valence-corrected chi connectivity index (χ0v) is 99.9.